The molecule has 0 bridgehead atoms. The van der Waals surface area contributed by atoms with Gasteiger partial charge in [0.1, 0.15) is 0 Å². The number of nitrogens with one attached hydrogen (secondary N) is 2. The van der Waals surface area contributed by atoms with Gasteiger partial charge in [-0.1, -0.05) is 0 Å². The molecular weight excluding hydrogens is 276 g/mol. The second kappa shape index (κ2) is 6.42. The van der Waals surface area contributed by atoms with Gasteiger partial charge in [0.25, 0.3) is 10.0 Å². The van der Waals surface area contributed by atoms with Crippen molar-refractivity contribution in [2.24, 2.45) is 0 Å². The number of piperidine rings is 1. The summed E-state index contributed by atoms with van der Waals surface area (Å²) in [5.41, 5.74) is 0.420. The highest BCUT2D eigenvalue weighted by atomic mass is 35.5. The van der Waals surface area contributed by atoms with Crippen molar-refractivity contribution in [2.75, 3.05) is 13.1 Å². The van der Waals surface area contributed by atoms with Crippen LogP contribution in [-0.2, 0) is 10.0 Å². The van der Waals surface area contributed by atoms with Gasteiger partial charge in [-0.3, -0.25) is 4.98 Å². The fourth-order valence-electron chi connectivity index (χ4n) is 1.89. The number of sulfonamides is 1. The molecule has 8 heteroatoms. The monoisotopic (exact) mass is 292 g/mol. The third kappa shape index (κ3) is 3.61. The lowest BCUT2D eigenvalue weighted by molar-refractivity contribution is 0.428. The Morgan fingerprint density at radius 1 is 1.39 bits per heavy atom. The Balaban J connectivity index is 0.00000162. The Morgan fingerprint density at radius 3 is 2.72 bits per heavy atom. The summed E-state index contributed by atoms with van der Waals surface area (Å²) in [6, 6.07) is -0.0600. The van der Waals surface area contributed by atoms with Crippen LogP contribution in [0.5, 0.6) is 0 Å². The average molecular weight is 293 g/mol. The zero-order chi connectivity index (χ0) is 12.3. The summed E-state index contributed by atoms with van der Waals surface area (Å²) in [5.74, 6) is 0. The van der Waals surface area contributed by atoms with Gasteiger partial charge in [0, 0.05) is 25.0 Å². The van der Waals surface area contributed by atoms with Gasteiger partial charge in [-0.05, 0) is 26.3 Å². The molecule has 6 nitrogen and oxygen atoms in total. The third-order valence-corrected chi connectivity index (χ3v) is 4.26. The van der Waals surface area contributed by atoms with Crippen LogP contribution >= 0.6 is 12.4 Å². The van der Waals surface area contributed by atoms with Crippen LogP contribution in [0.15, 0.2) is 17.4 Å². The van der Waals surface area contributed by atoms with E-state index < -0.39 is 10.0 Å². The van der Waals surface area contributed by atoms with Gasteiger partial charge >= 0.3 is 0 Å². The number of nitrogens with zero attached hydrogens (tertiary/aromatic N) is 2. The number of halogens is 1. The zero-order valence-electron chi connectivity index (χ0n) is 10.1. The molecule has 1 aromatic heterocycles. The van der Waals surface area contributed by atoms with Crippen molar-refractivity contribution in [1.82, 2.24) is 20.0 Å². The molecule has 1 unspecified atom stereocenters. The lowest BCUT2D eigenvalue weighted by Gasteiger charge is -2.23. The Bertz CT molecular complexity index is 488. The highest BCUT2D eigenvalue weighted by Gasteiger charge is 2.24. The van der Waals surface area contributed by atoms with E-state index in [9.17, 15) is 8.42 Å². The maximum absolute atomic E-state index is 12.1. The lowest BCUT2D eigenvalue weighted by atomic mass is 10.1. The van der Waals surface area contributed by atoms with Gasteiger partial charge in [-0.25, -0.2) is 18.1 Å². The molecule has 0 aliphatic carbocycles. The van der Waals surface area contributed by atoms with E-state index in [0.717, 1.165) is 19.4 Å². The van der Waals surface area contributed by atoms with E-state index >= 15 is 0 Å². The van der Waals surface area contributed by atoms with Crippen molar-refractivity contribution in [1.29, 1.82) is 0 Å². The predicted molar refractivity (Wildman–Crippen MR) is 70.2 cm³/mol. The fourth-order valence-corrected chi connectivity index (χ4v) is 3.28. The summed E-state index contributed by atoms with van der Waals surface area (Å²) >= 11 is 0. The molecule has 0 radical (unpaired) electrons. The molecule has 0 spiro atoms. The molecule has 0 amide bonds. The SMILES string of the molecule is Cc1nccnc1S(=O)(=O)NC1CCCNC1.Cl. The summed E-state index contributed by atoms with van der Waals surface area (Å²) in [6.45, 7) is 3.25. The maximum Gasteiger partial charge on any atom is 0.260 e. The van der Waals surface area contributed by atoms with Crippen LogP contribution in [-0.4, -0.2) is 37.5 Å². The first-order chi connectivity index (χ1) is 8.09. The molecule has 0 aromatic carbocycles. The van der Waals surface area contributed by atoms with Crippen LogP contribution in [0, 0.1) is 6.92 Å². The number of rotatable bonds is 3. The van der Waals surface area contributed by atoms with E-state index in [1.165, 1.54) is 12.4 Å². The number of aryl methyl sites for hydroxylation is 1. The highest BCUT2D eigenvalue weighted by Crippen LogP contribution is 2.11. The zero-order valence-corrected chi connectivity index (χ0v) is 11.7. The molecule has 1 fully saturated rings. The number of hydrogen-bond donors (Lipinski definition) is 2. The Hall–Kier alpha value is -0.760. The Kier molecular flexibility index (Phi) is 5.46. The van der Waals surface area contributed by atoms with Crippen LogP contribution in [0.4, 0.5) is 0 Å². The van der Waals surface area contributed by atoms with E-state index in [0.29, 0.717) is 12.2 Å². The van der Waals surface area contributed by atoms with Gasteiger partial charge in [0.15, 0.2) is 5.03 Å². The van der Waals surface area contributed by atoms with Crippen LogP contribution in [0.25, 0.3) is 0 Å². The molecule has 18 heavy (non-hydrogen) atoms. The van der Waals surface area contributed by atoms with Crippen LogP contribution in [0.1, 0.15) is 18.5 Å². The molecule has 1 aliphatic heterocycles. The normalized spacial score (nSPS) is 20.2. The number of hydrogen-bond acceptors (Lipinski definition) is 5. The highest BCUT2D eigenvalue weighted by molar-refractivity contribution is 7.89. The molecule has 1 atom stereocenters. The molecule has 1 aromatic rings. The molecular formula is C10H17ClN4O2S. The van der Waals surface area contributed by atoms with Gasteiger partial charge in [0.2, 0.25) is 0 Å². The van der Waals surface area contributed by atoms with Crippen LogP contribution < -0.4 is 10.0 Å². The van der Waals surface area contributed by atoms with Gasteiger partial charge in [0.05, 0.1) is 5.69 Å². The van der Waals surface area contributed by atoms with Gasteiger partial charge in [-0.2, -0.15) is 0 Å². The quantitative estimate of drug-likeness (QED) is 0.834. The molecule has 102 valence electrons. The fraction of sp³-hybridized carbons (Fsp3) is 0.600. The second-order valence-electron chi connectivity index (χ2n) is 4.11. The molecule has 2 N–H and O–H groups in total. The standard InChI is InChI=1S/C10H16N4O2S.ClH/c1-8-10(13-6-5-12-8)17(15,16)14-9-3-2-4-11-7-9;/h5-6,9,11,14H,2-4,7H2,1H3;1H. The lowest BCUT2D eigenvalue weighted by Crippen LogP contribution is -2.45. The summed E-state index contributed by atoms with van der Waals surface area (Å²) in [7, 11) is -3.55. The van der Waals surface area contributed by atoms with Crippen LogP contribution in [0.2, 0.25) is 0 Å². The van der Waals surface area contributed by atoms with Crippen molar-refractivity contribution in [3.05, 3.63) is 18.1 Å². The minimum Gasteiger partial charge on any atom is -0.315 e. The smallest absolute Gasteiger partial charge is 0.260 e. The summed E-state index contributed by atoms with van der Waals surface area (Å²) < 4.78 is 26.8. The maximum atomic E-state index is 12.1. The summed E-state index contributed by atoms with van der Waals surface area (Å²) in [5, 5.41) is 3.18. The summed E-state index contributed by atoms with van der Waals surface area (Å²) in [6.07, 6.45) is 4.70. The Labute approximate surface area is 113 Å². The van der Waals surface area contributed by atoms with E-state index in [1.807, 2.05) is 0 Å². The van der Waals surface area contributed by atoms with E-state index in [2.05, 4.69) is 20.0 Å². The molecule has 1 saturated heterocycles. The van der Waals surface area contributed by atoms with E-state index in [4.69, 9.17) is 0 Å². The largest absolute Gasteiger partial charge is 0.315 e. The predicted octanol–water partition coefficient (Wildman–Crippen LogP) is 0.237. The Morgan fingerprint density at radius 2 is 2.11 bits per heavy atom. The van der Waals surface area contributed by atoms with Crippen molar-refractivity contribution in [3.63, 3.8) is 0 Å². The minimum absolute atomic E-state index is 0. The first-order valence-corrected chi connectivity index (χ1v) is 7.08. The van der Waals surface area contributed by atoms with Gasteiger partial charge < -0.3 is 5.32 Å². The second-order valence-corrected chi connectivity index (χ2v) is 5.74. The van der Waals surface area contributed by atoms with E-state index in [-0.39, 0.29) is 23.5 Å². The van der Waals surface area contributed by atoms with Crippen molar-refractivity contribution < 1.29 is 8.42 Å². The molecule has 0 saturated carbocycles. The summed E-state index contributed by atoms with van der Waals surface area (Å²) in [4.78, 5) is 7.82. The van der Waals surface area contributed by atoms with Crippen molar-refractivity contribution in [2.45, 2.75) is 30.8 Å². The molecule has 2 heterocycles. The third-order valence-electron chi connectivity index (χ3n) is 2.71. The average Bonchev–Trinajstić information content (AvgIpc) is 2.30. The first-order valence-electron chi connectivity index (χ1n) is 5.60. The van der Waals surface area contributed by atoms with Crippen LogP contribution in [0.3, 0.4) is 0 Å². The van der Waals surface area contributed by atoms with E-state index in [1.54, 1.807) is 6.92 Å². The minimum atomic E-state index is -3.55. The van der Waals surface area contributed by atoms with Crippen molar-refractivity contribution >= 4 is 22.4 Å². The van der Waals surface area contributed by atoms with Crippen molar-refractivity contribution in [3.8, 4) is 0 Å². The number of aromatic nitrogens is 2. The van der Waals surface area contributed by atoms with Gasteiger partial charge in [-0.15, -0.1) is 12.4 Å². The molecule has 1 aliphatic rings. The first kappa shape index (κ1) is 15.3. The molecule has 2 rings (SSSR count). The topological polar surface area (TPSA) is 84.0 Å².